The van der Waals surface area contributed by atoms with Crippen LogP contribution in [0.2, 0.25) is 5.15 Å². The predicted octanol–water partition coefficient (Wildman–Crippen LogP) is 2.03. The highest BCUT2D eigenvalue weighted by Crippen LogP contribution is 2.23. The number of rotatable bonds is 4. The molecule has 86 valence electrons. The smallest absolute Gasteiger partial charge is 0.184 e. The summed E-state index contributed by atoms with van der Waals surface area (Å²) in [5.41, 5.74) is -0.547. The summed E-state index contributed by atoms with van der Waals surface area (Å²) in [6, 6.07) is 0. The van der Waals surface area contributed by atoms with Crippen molar-refractivity contribution in [3.63, 3.8) is 0 Å². The number of anilines is 1. The average Bonchev–Trinajstić information content (AvgIpc) is 2.27. The van der Waals surface area contributed by atoms with E-state index >= 15 is 0 Å². The van der Waals surface area contributed by atoms with Gasteiger partial charge in [-0.3, -0.25) is 0 Å². The molecule has 15 heavy (non-hydrogen) atoms. The molecule has 0 radical (unpaired) electrons. The maximum absolute atomic E-state index is 11.2. The van der Waals surface area contributed by atoms with Crippen molar-refractivity contribution in [1.82, 2.24) is 4.98 Å². The largest absolute Gasteiger partial charge is 0.356 e. The molecule has 1 aromatic rings. The number of halogens is 1. The van der Waals surface area contributed by atoms with Gasteiger partial charge in [-0.25, -0.2) is 13.4 Å². The molecule has 0 spiro atoms. The van der Waals surface area contributed by atoms with E-state index in [-0.39, 0.29) is 5.75 Å². The van der Waals surface area contributed by atoms with Crippen molar-refractivity contribution in [2.45, 2.75) is 19.4 Å². The first kappa shape index (κ1) is 12.7. The van der Waals surface area contributed by atoms with Crippen molar-refractivity contribution in [3.8, 4) is 0 Å². The lowest BCUT2D eigenvalue weighted by Crippen LogP contribution is -2.38. The van der Waals surface area contributed by atoms with Gasteiger partial charge in [-0.05, 0) is 13.8 Å². The predicted molar refractivity (Wildman–Crippen MR) is 64.5 cm³/mol. The Morgan fingerprint density at radius 1 is 1.60 bits per heavy atom. The van der Waals surface area contributed by atoms with Crippen molar-refractivity contribution in [1.29, 1.82) is 0 Å². The van der Waals surface area contributed by atoms with Gasteiger partial charge < -0.3 is 5.32 Å². The zero-order valence-corrected chi connectivity index (χ0v) is 11.1. The van der Waals surface area contributed by atoms with Crippen LogP contribution in [0.15, 0.2) is 5.38 Å². The van der Waals surface area contributed by atoms with E-state index < -0.39 is 15.4 Å². The van der Waals surface area contributed by atoms with Gasteiger partial charge in [-0.15, -0.1) is 11.3 Å². The standard InChI is InChI=1S/C8H13ClN2O2S2/c1-8(2,5-15(3,12)13)11-7-10-6(9)4-14-7/h4H,5H2,1-3H3,(H,10,11). The molecular formula is C8H13ClN2O2S2. The minimum atomic E-state index is -3.01. The highest BCUT2D eigenvalue weighted by molar-refractivity contribution is 7.90. The molecule has 0 aliphatic carbocycles. The second-order valence-corrected chi connectivity index (χ2v) is 7.44. The van der Waals surface area contributed by atoms with E-state index in [1.54, 1.807) is 5.38 Å². The molecule has 1 heterocycles. The molecule has 1 N–H and O–H groups in total. The molecule has 0 saturated carbocycles. The Labute approximate surface area is 98.6 Å². The fourth-order valence-electron chi connectivity index (χ4n) is 1.29. The van der Waals surface area contributed by atoms with Crippen LogP contribution < -0.4 is 5.32 Å². The Morgan fingerprint density at radius 2 is 2.20 bits per heavy atom. The molecular weight excluding hydrogens is 256 g/mol. The Hall–Kier alpha value is -0.330. The number of hydrogen-bond donors (Lipinski definition) is 1. The summed E-state index contributed by atoms with van der Waals surface area (Å²) < 4.78 is 22.3. The third-order valence-electron chi connectivity index (χ3n) is 1.54. The van der Waals surface area contributed by atoms with Crippen LogP contribution in [-0.4, -0.2) is 30.9 Å². The topological polar surface area (TPSA) is 59.1 Å². The highest BCUT2D eigenvalue weighted by atomic mass is 35.5. The molecule has 0 atom stereocenters. The van der Waals surface area contributed by atoms with E-state index in [9.17, 15) is 8.42 Å². The van der Waals surface area contributed by atoms with Gasteiger partial charge >= 0.3 is 0 Å². The van der Waals surface area contributed by atoms with Gasteiger partial charge in [-0.1, -0.05) is 11.6 Å². The van der Waals surface area contributed by atoms with Gasteiger partial charge in [0.2, 0.25) is 0 Å². The molecule has 1 rings (SSSR count). The molecule has 0 fully saturated rings. The SMILES string of the molecule is CC(C)(CS(C)(=O)=O)Nc1nc(Cl)cs1. The third-order valence-corrected chi connectivity index (χ3v) is 3.87. The number of sulfone groups is 1. The van der Waals surface area contributed by atoms with Crippen molar-refractivity contribution >= 4 is 37.9 Å². The molecule has 7 heteroatoms. The van der Waals surface area contributed by atoms with Crippen LogP contribution in [0.1, 0.15) is 13.8 Å². The monoisotopic (exact) mass is 268 g/mol. The maximum atomic E-state index is 11.2. The summed E-state index contributed by atoms with van der Waals surface area (Å²) >= 11 is 7.02. The van der Waals surface area contributed by atoms with E-state index in [0.29, 0.717) is 10.3 Å². The number of hydrogen-bond acceptors (Lipinski definition) is 5. The molecule has 0 saturated heterocycles. The van der Waals surface area contributed by atoms with E-state index in [4.69, 9.17) is 11.6 Å². The van der Waals surface area contributed by atoms with Crippen LogP contribution in [-0.2, 0) is 9.84 Å². The summed E-state index contributed by atoms with van der Waals surface area (Å²) in [6.07, 6.45) is 1.21. The molecule has 0 aromatic carbocycles. The van der Waals surface area contributed by atoms with Crippen molar-refractivity contribution in [2.24, 2.45) is 0 Å². The van der Waals surface area contributed by atoms with E-state index in [1.807, 2.05) is 13.8 Å². The second kappa shape index (κ2) is 4.27. The first-order valence-corrected chi connectivity index (χ1v) is 7.57. The zero-order valence-electron chi connectivity index (χ0n) is 8.74. The highest BCUT2D eigenvalue weighted by Gasteiger charge is 2.24. The molecule has 1 aromatic heterocycles. The van der Waals surface area contributed by atoms with E-state index in [1.165, 1.54) is 17.6 Å². The van der Waals surface area contributed by atoms with Crippen LogP contribution in [0, 0.1) is 0 Å². The maximum Gasteiger partial charge on any atom is 0.184 e. The molecule has 0 bridgehead atoms. The van der Waals surface area contributed by atoms with Gasteiger partial charge in [0.15, 0.2) is 5.13 Å². The van der Waals surface area contributed by atoms with Crippen LogP contribution in [0.4, 0.5) is 5.13 Å². The quantitative estimate of drug-likeness (QED) is 0.908. The van der Waals surface area contributed by atoms with Crippen molar-refractivity contribution in [3.05, 3.63) is 10.5 Å². The third kappa shape index (κ3) is 4.81. The fraction of sp³-hybridized carbons (Fsp3) is 0.625. The summed E-state index contributed by atoms with van der Waals surface area (Å²) in [6.45, 7) is 3.62. The van der Waals surface area contributed by atoms with Gasteiger partial charge in [0, 0.05) is 17.2 Å². The lowest BCUT2D eigenvalue weighted by Gasteiger charge is -2.24. The van der Waals surface area contributed by atoms with Gasteiger partial charge in [-0.2, -0.15) is 0 Å². The summed E-state index contributed by atoms with van der Waals surface area (Å²) in [4.78, 5) is 4.00. The van der Waals surface area contributed by atoms with Crippen LogP contribution in [0.3, 0.4) is 0 Å². The van der Waals surface area contributed by atoms with E-state index in [0.717, 1.165) is 0 Å². The normalized spacial score (nSPS) is 12.8. The number of nitrogens with zero attached hydrogens (tertiary/aromatic N) is 1. The first-order valence-electron chi connectivity index (χ1n) is 4.25. The Kier molecular flexibility index (Phi) is 3.63. The first-order chi connectivity index (χ1) is 6.68. The molecule has 0 amide bonds. The van der Waals surface area contributed by atoms with E-state index in [2.05, 4.69) is 10.3 Å². The second-order valence-electron chi connectivity index (χ2n) is 4.05. The van der Waals surface area contributed by atoms with Crippen molar-refractivity contribution < 1.29 is 8.42 Å². The Balaban J connectivity index is 2.72. The molecule has 0 aliphatic rings. The van der Waals surface area contributed by atoms with Gasteiger partial charge in [0.25, 0.3) is 0 Å². The minimum absolute atomic E-state index is 0.0528. The Morgan fingerprint density at radius 3 is 2.60 bits per heavy atom. The van der Waals surface area contributed by atoms with Gasteiger partial charge in [0.1, 0.15) is 15.0 Å². The van der Waals surface area contributed by atoms with Crippen LogP contribution >= 0.6 is 22.9 Å². The van der Waals surface area contributed by atoms with Crippen LogP contribution in [0.25, 0.3) is 0 Å². The number of thiazole rings is 1. The summed E-state index contributed by atoms with van der Waals surface area (Å²) in [7, 11) is -3.01. The lowest BCUT2D eigenvalue weighted by atomic mass is 10.1. The zero-order chi connectivity index (χ0) is 11.7. The number of nitrogens with one attached hydrogen (secondary N) is 1. The molecule has 4 nitrogen and oxygen atoms in total. The molecule has 0 unspecified atom stereocenters. The Bertz CT molecular complexity index is 439. The average molecular weight is 269 g/mol. The summed E-state index contributed by atoms with van der Waals surface area (Å²) in [5.74, 6) is 0.0528. The van der Waals surface area contributed by atoms with Crippen molar-refractivity contribution in [2.75, 3.05) is 17.3 Å². The van der Waals surface area contributed by atoms with Gasteiger partial charge in [0.05, 0.1) is 5.75 Å². The fourth-order valence-corrected chi connectivity index (χ4v) is 3.69. The molecule has 0 aliphatic heterocycles. The lowest BCUT2D eigenvalue weighted by molar-refractivity contribution is 0.571. The number of aromatic nitrogens is 1. The summed E-state index contributed by atoms with van der Waals surface area (Å²) in [5, 5.41) is 5.78. The van der Waals surface area contributed by atoms with Crippen LogP contribution in [0.5, 0.6) is 0 Å². The minimum Gasteiger partial charge on any atom is -0.356 e.